The third kappa shape index (κ3) is 6.13. The molecule has 0 aromatic carbocycles. The van der Waals surface area contributed by atoms with Crippen LogP contribution in [0.15, 0.2) is 12.2 Å². The third-order valence-corrected chi connectivity index (χ3v) is 1.37. The molecule has 8 heteroatoms. The van der Waals surface area contributed by atoms with Crippen LogP contribution in [0.4, 0.5) is 0 Å². The minimum Gasteiger partial charge on any atom is -0.481 e. The second kappa shape index (κ2) is 6.17. The molecule has 16 heavy (non-hydrogen) atoms. The SMILES string of the molecule is O=C(O)C=CC(=O)N[C@@H](CC(=O)O)C(=O)O. The normalized spacial score (nSPS) is 12.0. The van der Waals surface area contributed by atoms with Crippen LogP contribution in [0.25, 0.3) is 0 Å². The molecule has 0 saturated heterocycles. The highest BCUT2D eigenvalue weighted by Gasteiger charge is 2.21. The number of hydrogen-bond donors (Lipinski definition) is 4. The van der Waals surface area contributed by atoms with Gasteiger partial charge < -0.3 is 20.6 Å². The van der Waals surface area contributed by atoms with Gasteiger partial charge in [-0.15, -0.1) is 0 Å². The summed E-state index contributed by atoms with van der Waals surface area (Å²) in [6.07, 6.45) is 0.317. The van der Waals surface area contributed by atoms with Crippen LogP contribution >= 0.6 is 0 Å². The highest BCUT2D eigenvalue weighted by Crippen LogP contribution is 1.93. The van der Waals surface area contributed by atoms with Crippen LogP contribution in [-0.2, 0) is 19.2 Å². The Morgan fingerprint density at radius 3 is 2.00 bits per heavy atom. The van der Waals surface area contributed by atoms with Crippen LogP contribution in [0.5, 0.6) is 0 Å². The van der Waals surface area contributed by atoms with Gasteiger partial charge in [0.1, 0.15) is 6.04 Å². The van der Waals surface area contributed by atoms with Crippen LogP contribution in [-0.4, -0.2) is 45.2 Å². The number of carboxylic acids is 3. The number of carboxylic acid groups (broad SMARTS) is 3. The molecule has 0 aliphatic carbocycles. The van der Waals surface area contributed by atoms with E-state index in [9.17, 15) is 19.2 Å². The number of amides is 1. The number of hydrogen-bond acceptors (Lipinski definition) is 4. The predicted octanol–water partition coefficient (Wildman–Crippen LogP) is -1.33. The van der Waals surface area contributed by atoms with Crippen molar-refractivity contribution < 1.29 is 34.5 Å². The Hall–Kier alpha value is -2.38. The zero-order valence-electron chi connectivity index (χ0n) is 7.91. The molecule has 0 aromatic rings. The Kier molecular flexibility index (Phi) is 5.25. The molecule has 0 heterocycles. The standard InChI is InChI=1S/C8H9NO7/c10-5(1-2-6(11)12)9-4(8(15)16)3-7(13)14/h1-2,4H,3H2,(H,9,10)(H,11,12)(H,13,14)(H,15,16)/t4-/m0/s1. The van der Waals surface area contributed by atoms with E-state index >= 15 is 0 Å². The minimum atomic E-state index is -1.59. The maximum atomic E-state index is 10.9. The van der Waals surface area contributed by atoms with E-state index in [0.717, 1.165) is 0 Å². The first kappa shape index (κ1) is 13.6. The van der Waals surface area contributed by atoms with Gasteiger partial charge in [-0.1, -0.05) is 0 Å². The number of aliphatic carboxylic acids is 3. The van der Waals surface area contributed by atoms with Gasteiger partial charge in [-0.3, -0.25) is 9.59 Å². The Labute approximate surface area is 89.2 Å². The third-order valence-electron chi connectivity index (χ3n) is 1.37. The summed E-state index contributed by atoms with van der Waals surface area (Å²) < 4.78 is 0. The molecule has 1 amide bonds. The fraction of sp³-hybridized carbons (Fsp3) is 0.250. The first-order chi connectivity index (χ1) is 7.32. The Morgan fingerprint density at radius 2 is 1.62 bits per heavy atom. The molecule has 1 atom stereocenters. The molecule has 0 radical (unpaired) electrons. The van der Waals surface area contributed by atoms with Crippen LogP contribution in [0.3, 0.4) is 0 Å². The van der Waals surface area contributed by atoms with E-state index in [1.807, 2.05) is 5.32 Å². The summed E-state index contributed by atoms with van der Waals surface area (Å²) in [5.74, 6) is -5.27. The zero-order chi connectivity index (χ0) is 12.7. The van der Waals surface area contributed by atoms with Crippen molar-refractivity contribution in [1.82, 2.24) is 5.32 Å². The first-order valence-corrected chi connectivity index (χ1v) is 3.99. The molecule has 0 aliphatic heterocycles. The summed E-state index contributed by atoms with van der Waals surface area (Å²) in [5.41, 5.74) is 0. The van der Waals surface area contributed by atoms with E-state index in [1.165, 1.54) is 0 Å². The van der Waals surface area contributed by atoms with E-state index in [4.69, 9.17) is 15.3 Å². The van der Waals surface area contributed by atoms with Gasteiger partial charge in [0.2, 0.25) is 5.91 Å². The molecule has 0 saturated carbocycles. The minimum absolute atomic E-state index is 0.509. The molecule has 8 nitrogen and oxygen atoms in total. The summed E-state index contributed by atoms with van der Waals surface area (Å²) in [7, 11) is 0. The van der Waals surface area contributed by atoms with Crippen molar-refractivity contribution in [1.29, 1.82) is 0 Å². The van der Waals surface area contributed by atoms with Crippen molar-refractivity contribution in [2.24, 2.45) is 0 Å². The Bertz CT molecular complexity index is 346. The van der Waals surface area contributed by atoms with Crippen molar-refractivity contribution in [2.45, 2.75) is 12.5 Å². The molecule has 0 unspecified atom stereocenters. The quantitative estimate of drug-likeness (QED) is 0.415. The van der Waals surface area contributed by atoms with Crippen LogP contribution in [0.2, 0.25) is 0 Å². The maximum Gasteiger partial charge on any atom is 0.328 e. The maximum absolute atomic E-state index is 10.9. The fourth-order valence-electron chi connectivity index (χ4n) is 0.742. The number of nitrogens with one attached hydrogen (secondary N) is 1. The summed E-state index contributed by atoms with van der Waals surface area (Å²) >= 11 is 0. The van der Waals surface area contributed by atoms with Gasteiger partial charge in [-0.2, -0.15) is 0 Å². The summed E-state index contributed by atoms with van der Waals surface area (Å²) in [6.45, 7) is 0. The van der Waals surface area contributed by atoms with Crippen molar-refractivity contribution in [2.75, 3.05) is 0 Å². The highest BCUT2D eigenvalue weighted by atomic mass is 16.4. The molecule has 4 N–H and O–H groups in total. The van der Waals surface area contributed by atoms with Crippen molar-refractivity contribution in [3.05, 3.63) is 12.2 Å². The summed E-state index contributed by atoms with van der Waals surface area (Å²) in [5, 5.41) is 26.9. The van der Waals surface area contributed by atoms with E-state index in [2.05, 4.69) is 0 Å². The van der Waals surface area contributed by atoms with Gasteiger partial charge in [0.25, 0.3) is 0 Å². The molecule has 88 valence electrons. The second-order valence-corrected chi connectivity index (χ2v) is 2.67. The van der Waals surface area contributed by atoms with E-state index in [-0.39, 0.29) is 0 Å². The van der Waals surface area contributed by atoms with E-state index < -0.39 is 36.3 Å². The summed E-state index contributed by atoms with van der Waals surface area (Å²) in [6, 6.07) is -1.59. The molecule has 0 bridgehead atoms. The zero-order valence-corrected chi connectivity index (χ0v) is 7.91. The van der Waals surface area contributed by atoms with Crippen molar-refractivity contribution >= 4 is 23.8 Å². The molecule has 0 aromatic heterocycles. The van der Waals surface area contributed by atoms with Gasteiger partial charge in [0.05, 0.1) is 6.42 Å². The lowest BCUT2D eigenvalue weighted by Gasteiger charge is -2.09. The van der Waals surface area contributed by atoms with Gasteiger partial charge >= 0.3 is 17.9 Å². The highest BCUT2D eigenvalue weighted by molar-refractivity contribution is 5.96. The largest absolute Gasteiger partial charge is 0.481 e. The van der Waals surface area contributed by atoms with Gasteiger partial charge in [-0.25, -0.2) is 9.59 Å². The fourth-order valence-corrected chi connectivity index (χ4v) is 0.742. The number of carbonyl (C=O) groups excluding carboxylic acids is 1. The molecular formula is C8H9NO7. The van der Waals surface area contributed by atoms with E-state index in [0.29, 0.717) is 12.2 Å². The van der Waals surface area contributed by atoms with Crippen LogP contribution in [0, 0.1) is 0 Å². The Balaban J connectivity index is 4.40. The monoisotopic (exact) mass is 231 g/mol. The van der Waals surface area contributed by atoms with E-state index in [1.54, 1.807) is 0 Å². The lowest BCUT2D eigenvalue weighted by molar-refractivity contribution is -0.146. The van der Waals surface area contributed by atoms with Crippen molar-refractivity contribution in [3.8, 4) is 0 Å². The molecular weight excluding hydrogens is 222 g/mol. The average Bonchev–Trinajstić information content (AvgIpc) is 2.12. The predicted molar refractivity (Wildman–Crippen MR) is 48.6 cm³/mol. The van der Waals surface area contributed by atoms with Crippen molar-refractivity contribution in [3.63, 3.8) is 0 Å². The van der Waals surface area contributed by atoms with Gasteiger partial charge in [0.15, 0.2) is 0 Å². The van der Waals surface area contributed by atoms with Crippen LogP contribution in [0.1, 0.15) is 6.42 Å². The molecule has 0 spiro atoms. The smallest absolute Gasteiger partial charge is 0.328 e. The van der Waals surface area contributed by atoms with Gasteiger partial charge in [0, 0.05) is 12.2 Å². The molecule has 0 fully saturated rings. The molecule has 0 aliphatic rings. The van der Waals surface area contributed by atoms with Crippen LogP contribution < -0.4 is 5.32 Å². The molecule has 0 rings (SSSR count). The first-order valence-electron chi connectivity index (χ1n) is 3.99. The second-order valence-electron chi connectivity index (χ2n) is 2.67. The topological polar surface area (TPSA) is 141 Å². The summed E-state index contributed by atoms with van der Waals surface area (Å²) in [4.78, 5) is 41.7. The number of carbonyl (C=O) groups is 4. The lowest BCUT2D eigenvalue weighted by atomic mass is 10.2. The average molecular weight is 231 g/mol. The van der Waals surface area contributed by atoms with Gasteiger partial charge in [-0.05, 0) is 0 Å². The Morgan fingerprint density at radius 1 is 1.06 bits per heavy atom. The lowest BCUT2D eigenvalue weighted by Crippen LogP contribution is -2.41. The number of rotatable bonds is 6.